The first kappa shape index (κ1) is 36.4. The van der Waals surface area contributed by atoms with Crippen LogP contribution in [-0.4, -0.2) is 101 Å². The second-order valence-electron chi connectivity index (χ2n) is 12.3. The number of amides is 3. The molecule has 10 nitrogen and oxygen atoms in total. The summed E-state index contributed by atoms with van der Waals surface area (Å²) in [5, 5.41) is 13.2. The van der Waals surface area contributed by atoms with Crippen LogP contribution in [0.1, 0.15) is 74.7 Å². The first-order valence-electron chi connectivity index (χ1n) is 15.8. The Bertz CT molecular complexity index is 1300. The molecule has 2 bridgehead atoms. The predicted molar refractivity (Wildman–Crippen MR) is 155 cm³/mol. The van der Waals surface area contributed by atoms with E-state index >= 15 is 0 Å². The van der Waals surface area contributed by atoms with Gasteiger partial charge in [0.1, 0.15) is 11.6 Å². The number of carbonyl (C=O) groups excluding carboxylic acids is 3. The molecule has 3 N–H and O–H groups in total. The maximum absolute atomic E-state index is 14.0. The number of rotatable bonds is 9. The number of benzene rings is 1. The first-order valence-corrected chi connectivity index (χ1v) is 15.8. The number of hydrogen-bond donors (Lipinski definition) is 3. The van der Waals surface area contributed by atoms with E-state index in [1.807, 2.05) is 13.8 Å². The molecule has 0 radical (unpaired) electrons. The molecule has 5 rings (SSSR count). The molecule has 5 unspecified atom stereocenters. The number of carboxylic acids is 1. The molecule has 3 aliphatic heterocycles. The van der Waals surface area contributed by atoms with Gasteiger partial charge in [-0.05, 0) is 63.0 Å². The number of aliphatic carboxylic acids is 1. The molecular formula is C31H40F6N4O6. The van der Waals surface area contributed by atoms with E-state index in [0.29, 0.717) is 25.9 Å². The highest BCUT2D eigenvalue weighted by Gasteiger charge is 2.73. The van der Waals surface area contributed by atoms with Crippen molar-refractivity contribution in [3.8, 4) is 0 Å². The van der Waals surface area contributed by atoms with Crippen LogP contribution in [0.15, 0.2) is 24.3 Å². The molecule has 47 heavy (non-hydrogen) atoms. The molecule has 0 aromatic heterocycles. The molecule has 3 heterocycles. The number of likely N-dealkylation sites (N-methyl/N-ethyl adjacent to an activating group) is 1. The summed E-state index contributed by atoms with van der Waals surface area (Å²) in [5.74, 6) is -4.47. The monoisotopic (exact) mass is 678 g/mol. The molecular weight excluding hydrogens is 638 g/mol. The van der Waals surface area contributed by atoms with Crippen molar-refractivity contribution in [3.05, 3.63) is 35.4 Å². The van der Waals surface area contributed by atoms with E-state index < -0.39 is 59.5 Å². The Balaban J connectivity index is 0.000000644. The van der Waals surface area contributed by atoms with Crippen molar-refractivity contribution in [2.45, 2.75) is 101 Å². The Labute approximate surface area is 268 Å². The summed E-state index contributed by atoms with van der Waals surface area (Å²) in [5.41, 5.74) is -1.81. The Morgan fingerprint density at radius 2 is 1.57 bits per heavy atom. The summed E-state index contributed by atoms with van der Waals surface area (Å²) in [6.45, 7) is 6.71. The van der Waals surface area contributed by atoms with Crippen LogP contribution in [0.25, 0.3) is 0 Å². The number of nitrogens with zero attached hydrogens (tertiary/aromatic N) is 2. The SMILES string of the molecule is CCN(CC)CCN1C(=O)C2C(NC(=O)c3ccc(C(F)(F)F)cc3)C3CCC2(O3)C1C(=O)NC1CCCCC1.O=C(O)C(F)(F)F. The van der Waals surface area contributed by atoms with Gasteiger partial charge in [-0.3, -0.25) is 14.4 Å². The smallest absolute Gasteiger partial charge is 0.475 e. The molecule has 4 aliphatic rings. The van der Waals surface area contributed by atoms with Gasteiger partial charge < -0.3 is 30.3 Å². The number of carbonyl (C=O) groups is 4. The fourth-order valence-corrected chi connectivity index (χ4v) is 7.21. The van der Waals surface area contributed by atoms with Gasteiger partial charge in [0.25, 0.3) is 5.91 Å². The zero-order valence-electron chi connectivity index (χ0n) is 26.1. The average molecular weight is 679 g/mol. The maximum atomic E-state index is 14.0. The number of alkyl halides is 6. The molecule has 16 heteroatoms. The summed E-state index contributed by atoms with van der Waals surface area (Å²) < 4.78 is 77.2. The van der Waals surface area contributed by atoms with Gasteiger partial charge in [0.15, 0.2) is 0 Å². The molecule has 5 atom stereocenters. The lowest BCUT2D eigenvalue weighted by Crippen LogP contribution is -2.58. The van der Waals surface area contributed by atoms with Crippen LogP contribution >= 0.6 is 0 Å². The van der Waals surface area contributed by atoms with Crippen molar-refractivity contribution >= 4 is 23.7 Å². The number of halogens is 6. The second-order valence-corrected chi connectivity index (χ2v) is 12.3. The van der Waals surface area contributed by atoms with E-state index in [1.165, 1.54) is 0 Å². The van der Waals surface area contributed by atoms with E-state index in [-0.39, 0.29) is 23.4 Å². The topological polar surface area (TPSA) is 128 Å². The van der Waals surface area contributed by atoms with Crippen molar-refractivity contribution in [3.63, 3.8) is 0 Å². The average Bonchev–Trinajstić information content (AvgIpc) is 3.65. The molecule has 1 saturated carbocycles. The van der Waals surface area contributed by atoms with Gasteiger partial charge in [0.2, 0.25) is 11.8 Å². The third-order valence-corrected chi connectivity index (χ3v) is 9.57. The quantitative estimate of drug-likeness (QED) is 0.337. The van der Waals surface area contributed by atoms with Crippen LogP contribution < -0.4 is 10.6 Å². The van der Waals surface area contributed by atoms with Crippen LogP contribution in [-0.2, 0) is 25.3 Å². The van der Waals surface area contributed by atoms with E-state index in [4.69, 9.17) is 14.6 Å². The standard InChI is InChI=1S/C29H39F3N4O4.C2HF3O2/c1-3-35(4-2)16-17-36-24(26(38)33-20-8-6-5-7-9-20)28-15-14-21(40-28)23(22(28)27(36)39)34-25(37)18-10-12-19(13-11-18)29(30,31)32;3-2(4,5)1(6)7/h10-13,20-24H,3-9,14-17H2,1-2H3,(H,33,38)(H,34,37);(H,6,7). The normalized spacial score (nSPS) is 27.3. The van der Waals surface area contributed by atoms with E-state index in [0.717, 1.165) is 69.5 Å². The van der Waals surface area contributed by atoms with Gasteiger partial charge in [0.05, 0.1) is 23.6 Å². The van der Waals surface area contributed by atoms with Crippen molar-refractivity contribution in [1.82, 2.24) is 20.4 Å². The molecule has 4 fully saturated rings. The highest BCUT2D eigenvalue weighted by Crippen LogP contribution is 2.55. The van der Waals surface area contributed by atoms with Crippen molar-refractivity contribution in [2.75, 3.05) is 26.2 Å². The lowest BCUT2D eigenvalue weighted by atomic mass is 9.74. The van der Waals surface area contributed by atoms with Gasteiger partial charge in [-0.15, -0.1) is 0 Å². The zero-order valence-corrected chi connectivity index (χ0v) is 26.1. The molecule has 1 spiro atoms. The van der Waals surface area contributed by atoms with Crippen LogP contribution in [0.3, 0.4) is 0 Å². The zero-order chi connectivity index (χ0) is 34.7. The number of hydrogen-bond acceptors (Lipinski definition) is 6. The highest BCUT2D eigenvalue weighted by molar-refractivity contribution is 5.98. The Morgan fingerprint density at radius 1 is 0.979 bits per heavy atom. The Morgan fingerprint density at radius 3 is 2.11 bits per heavy atom. The Kier molecular flexibility index (Phi) is 11.1. The van der Waals surface area contributed by atoms with Crippen LogP contribution in [0.5, 0.6) is 0 Å². The van der Waals surface area contributed by atoms with Gasteiger partial charge >= 0.3 is 18.3 Å². The lowest BCUT2D eigenvalue weighted by molar-refractivity contribution is -0.192. The summed E-state index contributed by atoms with van der Waals surface area (Å²) >= 11 is 0. The van der Waals surface area contributed by atoms with Crippen LogP contribution in [0.2, 0.25) is 0 Å². The molecule has 1 aromatic carbocycles. The minimum Gasteiger partial charge on any atom is -0.475 e. The van der Waals surface area contributed by atoms with Crippen molar-refractivity contribution in [2.24, 2.45) is 5.92 Å². The van der Waals surface area contributed by atoms with Gasteiger partial charge in [-0.1, -0.05) is 33.1 Å². The summed E-state index contributed by atoms with van der Waals surface area (Å²) in [6, 6.07) is 2.62. The van der Waals surface area contributed by atoms with Gasteiger partial charge in [0, 0.05) is 24.7 Å². The molecule has 3 amide bonds. The minimum atomic E-state index is -5.08. The second kappa shape index (κ2) is 14.4. The van der Waals surface area contributed by atoms with E-state index in [1.54, 1.807) is 4.90 Å². The number of ether oxygens (including phenoxy) is 1. The molecule has 1 aliphatic carbocycles. The van der Waals surface area contributed by atoms with Gasteiger partial charge in [-0.25, -0.2) is 4.79 Å². The lowest BCUT2D eigenvalue weighted by Gasteiger charge is -2.35. The number of carboxylic acid groups (broad SMARTS) is 1. The molecule has 1 aromatic rings. The highest BCUT2D eigenvalue weighted by atomic mass is 19.4. The Hall–Kier alpha value is -3.40. The van der Waals surface area contributed by atoms with Crippen molar-refractivity contribution < 1.29 is 55.4 Å². The largest absolute Gasteiger partial charge is 0.490 e. The number of fused-ring (bicyclic) bond motifs is 1. The fourth-order valence-electron chi connectivity index (χ4n) is 7.21. The summed E-state index contributed by atoms with van der Waals surface area (Å²) in [7, 11) is 0. The predicted octanol–water partition coefficient (Wildman–Crippen LogP) is 3.99. The third kappa shape index (κ3) is 7.85. The molecule has 3 saturated heterocycles. The number of nitrogens with one attached hydrogen (secondary N) is 2. The van der Waals surface area contributed by atoms with Crippen LogP contribution in [0.4, 0.5) is 26.3 Å². The summed E-state index contributed by atoms with van der Waals surface area (Å²) in [6.07, 6.45) is -3.81. The van der Waals surface area contributed by atoms with Crippen molar-refractivity contribution in [1.29, 1.82) is 0 Å². The summed E-state index contributed by atoms with van der Waals surface area (Å²) in [4.78, 5) is 53.8. The van der Waals surface area contributed by atoms with E-state index in [2.05, 4.69) is 15.5 Å². The molecule has 262 valence electrons. The maximum Gasteiger partial charge on any atom is 0.490 e. The first-order chi connectivity index (χ1) is 22.0. The fraction of sp³-hybridized carbons (Fsp3) is 0.677. The van der Waals surface area contributed by atoms with E-state index in [9.17, 15) is 40.7 Å². The third-order valence-electron chi connectivity index (χ3n) is 9.57. The number of likely N-dealkylation sites (tertiary alicyclic amines) is 1. The van der Waals surface area contributed by atoms with Gasteiger partial charge in [-0.2, -0.15) is 26.3 Å². The minimum absolute atomic E-state index is 0.0697. The van der Waals surface area contributed by atoms with Crippen LogP contribution in [0, 0.1) is 5.92 Å².